The van der Waals surface area contributed by atoms with Crippen molar-refractivity contribution in [1.29, 1.82) is 0 Å². The number of terminal acetylenes is 1. The molecule has 0 saturated heterocycles. The minimum Gasteiger partial charge on any atom is -0.302 e. The number of aromatic nitrogens is 3. The second-order valence-corrected chi connectivity index (χ2v) is 7.23. The van der Waals surface area contributed by atoms with Gasteiger partial charge in [0.15, 0.2) is 11.0 Å². The predicted molar refractivity (Wildman–Crippen MR) is 103 cm³/mol. The average Bonchev–Trinajstić information content (AvgIpc) is 3.03. The molecule has 2 aromatic heterocycles. The van der Waals surface area contributed by atoms with Crippen molar-refractivity contribution in [3.05, 3.63) is 46.2 Å². The largest absolute Gasteiger partial charge is 0.302 e. The van der Waals surface area contributed by atoms with Gasteiger partial charge in [-0.2, -0.15) is 0 Å². The number of anilines is 1. The van der Waals surface area contributed by atoms with Gasteiger partial charge in [0, 0.05) is 24.2 Å². The fourth-order valence-electron chi connectivity index (χ4n) is 2.90. The number of nitrogens with one attached hydrogen (secondary N) is 1. The monoisotopic (exact) mass is 380 g/mol. The Kier molecular flexibility index (Phi) is 4.19. The number of carbonyl (C=O) groups is 1. The summed E-state index contributed by atoms with van der Waals surface area (Å²) in [5.41, 5.74) is 4.15. The number of carbonyl (C=O) groups excluding carboxylic acids is 1. The minimum atomic E-state index is -0.141. The first-order chi connectivity index (χ1) is 12.6. The molecule has 1 aliphatic carbocycles. The molecular formula is C19H13ClN4OS. The fourth-order valence-corrected chi connectivity index (χ4v) is 4.24. The fraction of sp³-hybridized carbons (Fsp3) is 0.158. The van der Waals surface area contributed by atoms with Gasteiger partial charge in [-0.3, -0.25) is 4.79 Å². The van der Waals surface area contributed by atoms with E-state index >= 15 is 0 Å². The summed E-state index contributed by atoms with van der Waals surface area (Å²) in [5, 5.41) is 3.80. The number of rotatable bonds is 2. The third kappa shape index (κ3) is 2.85. The molecule has 0 spiro atoms. The molecule has 26 heavy (non-hydrogen) atoms. The maximum atomic E-state index is 11.3. The zero-order valence-electron chi connectivity index (χ0n) is 13.8. The summed E-state index contributed by atoms with van der Waals surface area (Å²) in [4.78, 5) is 26.0. The SMILES string of the molecule is C#Cc1cccc(-c2ncc3c(n2)-c2sc(NC(C)=O)nc2CC3)c1Cl. The number of nitrogens with zero attached hydrogens (tertiary/aromatic N) is 3. The lowest BCUT2D eigenvalue weighted by Gasteiger charge is -2.15. The molecule has 1 N–H and O–H groups in total. The lowest BCUT2D eigenvalue weighted by molar-refractivity contribution is -0.114. The van der Waals surface area contributed by atoms with E-state index in [1.165, 1.54) is 18.3 Å². The maximum Gasteiger partial charge on any atom is 0.223 e. The van der Waals surface area contributed by atoms with Crippen LogP contribution in [0.5, 0.6) is 0 Å². The second-order valence-electron chi connectivity index (χ2n) is 5.85. The number of hydrogen-bond donors (Lipinski definition) is 1. The smallest absolute Gasteiger partial charge is 0.223 e. The molecule has 2 heterocycles. The molecule has 0 bridgehead atoms. The van der Waals surface area contributed by atoms with Crippen LogP contribution >= 0.6 is 22.9 Å². The Morgan fingerprint density at radius 3 is 2.96 bits per heavy atom. The highest BCUT2D eigenvalue weighted by Crippen LogP contribution is 2.39. The Bertz CT molecular complexity index is 1080. The molecule has 0 radical (unpaired) electrons. The van der Waals surface area contributed by atoms with Crippen LogP contribution < -0.4 is 5.32 Å². The van der Waals surface area contributed by atoms with Gasteiger partial charge >= 0.3 is 0 Å². The maximum absolute atomic E-state index is 11.3. The molecule has 0 saturated carbocycles. The van der Waals surface area contributed by atoms with Crippen LogP contribution in [-0.2, 0) is 17.6 Å². The van der Waals surface area contributed by atoms with Crippen LogP contribution in [0.1, 0.15) is 23.7 Å². The van der Waals surface area contributed by atoms with Crippen molar-refractivity contribution in [2.45, 2.75) is 19.8 Å². The quantitative estimate of drug-likeness (QED) is 0.683. The molecule has 128 valence electrons. The molecule has 5 nitrogen and oxygen atoms in total. The normalized spacial score (nSPS) is 12.0. The summed E-state index contributed by atoms with van der Waals surface area (Å²) >= 11 is 7.83. The number of halogens is 1. The van der Waals surface area contributed by atoms with Crippen molar-refractivity contribution in [2.75, 3.05) is 5.32 Å². The van der Waals surface area contributed by atoms with Gasteiger partial charge in [-0.05, 0) is 30.5 Å². The van der Waals surface area contributed by atoms with Gasteiger partial charge in [-0.15, -0.1) is 6.42 Å². The van der Waals surface area contributed by atoms with Gasteiger partial charge in [0.05, 0.1) is 21.3 Å². The van der Waals surface area contributed by atoms with Crippen LogP contribution in [-0.4, -0.2) is 20.9 Å². The van der Waals surface area contributed by atoms with Crippen molar-refractivity contribution >= 4 is 34.0 Å². The standard InChI is InChI=1S/C19H13ClN4OS/c1-3-11-5-4-6-13(15(11)20)18-21-9-12-7-8-14-17(16(12)24-18)26-19(23-14)22-10(2)25/h1,4-6,9H,7-8H2,2H3,(H,22,23,25). The molecule has 0 aliphatic heterocycles. The van der Waals surface area contributed by atoms with Gasteiger partial charge < -0.3 is 5.32 Å². The zero-order valence-corrected chi connectivity index (χ0v) is 15.4. The van der Waals surface area contributed by atoms with E-state index in [4.69, 9.17) is 23.0 Å². The Labute approximate surface area is 159 Å². The average molecular weight is 381 g/mol. The molecular weight excluding hydrogens is 368 g/mol. The van der Waals surface area contributed by atoms with Crippen molar-refractivity contribution in [3.8, 4) is 34.3 Å². The van der Waals surface area contributed by atoms with E-state index in [9.17, 15) is 4.79 Å². The van der Waals surface area contributed by atoms with Crippen LogP contribution in [0.2, 0.25) is 5.02 Å². The van der Waals surface area contributed by atoms with E-state index in [1.807, 2.05) is 18.3 Å². The van der Waals surface area contributed by atoms with Gasteiger partial charge in [0.1, 0.15) is 0 Å². The molecule has 1 aliphatic rings. The molecule has 7 heteroatoms. The van der Waals surface area contributed by atoms with Gasteiger partial charge in [-0.25, -0.2) is 15.0 Å². The van der Waals surface area contributed by atoms with Crippen LogP contribution in [0.4, 0.5) is 5.13 Å². The van der Waals surface area contributed by atoms with Gasteiger partial charge in [-0.1, -0.05) is 34.9 Å². The van der Waals surface area contributed by atoms with E-state index in [-0.39, 0.29) is 5.91 Å². The number of hydrogen-bond acceptors (Lipinski definition) is 5. The number of thiazole rings is 1. The van der Waals surface area contributed by atoms with Crippen LogP contribution in [0.25, 0.3) is 22.0 Å². The highest BCUT2D eigenvalue weighted by atomic mass is 35.5. The lowest BCUT2D eigenvalue weighted by Crippen LogP contribution is -2.07. The Morgan fingerprint density at radius 1 is 1.35 bits per heavy atom. The topological polar surface area (TPSA) is 67.8 Å². The van der Waals surface area contributed by atoms with Crippen molar-refractivity contribution in [2.24, 2.45) is 0 Å². The van der Waals surface area contributed by atoms with Crippen molar-refractivity contribution in [3.63, 3.8) is 0 Å². The third-order valence-corrected chi connectivity index (χ3v) is 5.51. The zero-order chi connectivity index (χ0) is 18.3. The van der Waals surface area contributed by atoms with Crippen LogP contribution in [0.3, 0.4) is 0 Å². The number of amides is 1. The summed E-state index contributed by atoms with van der Waals surface area (Å²) in [6, 6.07) is 5.47. The number of benzene rings is 1. The Hall–Kier alpha value is -2.75. The van der Waals surface area contributed by atoms with Gasteiger partial charge in [0.2, 0.25) is 5.91 Å². The van der Waals surface area contributed by atoms with E-state index in [0.29, 0.717) is 27.1 Å². The summed E-state index contributed by atoms with van der Waals surface area (Å²) in [6.07, 6.45) is 8.94. The Balaban J connectivity index is 1.82. The summed E-state index contributed by atoms with van der Waals surface area (Å²) in [7, 11) is 0. The van der Waals surface area contributed by atoms with Crippen LogP contribution in [0, 0.1) is 12.3 Å². The van der Waals surface area contributed by atoms with E-state index in [0.717, 1.165) is 34.7 Å². The molecule has 0 atom stereocenters. The summed E-state index contributed by atoms with van der Waals surface area (Å²) in [6.45, 7) is 1.47. The summed E-state index contributed by atoms with van der Waals surface area (Å²) < 4.78 is 0. The first kappa shape index (κ1) is 16.7. The van der Waals surface area contributed by atoms with Crippen molar-refractivity contribution < 1.29 is 4.79 Å². The first-order valence-electron chi connectivity index (χ1n) is 7.96. The molecule has 1 amide bonds. The highest BCUT2D eigenvalue weighted by molar-refractivity contribution is 7.19. The lowest BCUT2D eigenvalue weighted by atomic mass is 9.99. The second kappa shape index (κ2) is 6.52. The first-order valence-corrected chi connectivity index (χ1v) is 9.15. The molecule has 0 fully saturated rings. The molecule has 0 unspecified atom stereocenters. The van der Waals surface area contributed by atoms with E-state index < -0.39 is 0 Å². The van der Waals surface area contributed by atoms with E-state index in [1.54, 1.807) is 6.07 Å². The highest BCUT2D eigenvalue weighted by Gasteiger charge is 2.24. The molecule has 4 rings (SSSR count). The molecule has 1 aromatic carbocycles. The Morgan fingerprint density at radius 2 is 2.19 bits per heavy atom. The molecule has 3 aromatic rings. The van der Waals surface area contributed by atoms with Crippen LogP contribution in [0.15, 0.2) is 24.4 Å². The number of aryl methyl sites for hydroxylation is 2. The predicted octanol–water partition coefficient (Wildman–Crippen LogP) is 3.96. The number of fused-ring (bicyclic) bond motifs is 3. The minimum absolute atomic E-state index is 0.141. The third-order valence-electron chi connectivity index (χ3n) is 4.09. The van der Waals surface area contributed by atoms with E-state index in [2.05, 4.69) is 21.2 Å². The van der Waals surface area contributed by atoms with Gasteiger partial charge in [0.25, 0.3) is 0 Å². The summed E-state index contributed by atoms with van der Waals surface area (Å²) in [5.74, 6) is 2.95. The van der Waals surface area contributed by atoms with Crippen molar-refractivity contribution in [1.82, 2.24) is 15.0 Å².